The van der Waals surface area contributed by atoms with Crippen LogP contribution < -0.4 is 10.6 Å². The van der Waals surface area contributed by atoms with Crippen LogP contribution in [-0.2, 0) is 6.42 Å². The van der Waals surface area contributed by atoms with E-state index in [1.807, 2.05) is 6.07 Å². The molecule has 0 amide bonds. The maximum atomic E-state index is 5.72. The van der Waals surface area contributed by atoms with E-state index in [1.54, 1.807) is 19.3 Å². The molecule has 0 radical (unpaired) electrons. The second-order valence-electron chi connectivity index (χ2n) is 3.66. The molecule has 0 aliphatic carbocycles. The van der Waals surface area contributed by atoms with Gasteiger partial charge in [-0.1, -0.05) is 24.6 Å². The summed E-state index contributed by atoms with van der Waals surface area (Å²) in [4.78, 5) is 8.17. The van der Waals surface area contributed by atoms with Gasteiger partial charge in [0.2, 0.25) is 0 Å². The molecular weight excluding hydrogens is 363 g/mol. The Morgan fingerprint density at radius 1 is 1.33 bits per heavy atom. The fourth-order valence-electron chi connectivity index (χ4n) is 1.34. The predicted octanol–water partition coefficient (Wildman–Crippen LogP) is 2.47. The fraction of sp³-hybridized carbons (Fsp3) is 0.500. The smallest absolute Gasteiger partial charge is 0.190 e. The molecule has 1 rings (SSSR count). The number of aliphatic imine (C=N–C) groups is 1. The first-order valence-corrected chi connectivity index (χ1v) is 6.19. The Labute approximate surface area is 131 Å². The minimum Gasteiger partial charge on any atom is -0.356 e. The normalized spacial score (nSPS) is 10.7. The minimum absolute atomic E-state index is 0. The molecule has 0 aliphatic rings. The highest BCUT2D eigenvalue weighted by Gasteiger charge is 1.97. The Hall–Kier alpha value is -0.560. The van der Waals surface area contributed by atoms with Crippen LogP contribution in [0.4, 0.5) is 0 Å². The summed E-state index contributed by atoms with van der Waals surface area (Å²) in [6, 6.07) is 3.79. The first-order chi connectivity index (χ1) is 8.26. The third-order valence-corrected chi connectivity index (χ3v) is 2.48. The molecule has 1 aromatic heterocycles. The number of nitrogens with one attached hydrogen (secondary N) is 2. The van der Waals surface area contributed by atoms with Crippen molar-refractivity contribution in [2.24, 2.45) is 4.99 Å². The molecule has 0 fully saturated rings. The van der Waals surface area contributed by atoms with Crippen LogP contribution in [-0.4, -0.2) is 31.1 Å². The van der Waals surface area contributed by atoms with Crippen molar-refractivity contribution in [1.29, 1.82) is 0 Å². The van der Waals surface area contributed by atoms with E-state index in [9.17, 15) is 0 Å². The Morgan fingerprint density at radius 3 is 2.61 bits per heavy atom. The molecule has 0 saturated carbocycles. The van der Waals surface area contributed by atoms with Crippen LogP contribution in [0, 0.1) is 0 Å². The second-order valence-corrected chi connectivity index (χ2v) is 4.05. The van der Waals surface area contributed by atoms with Crippen molar-refractivity contribution in [1.82, 2.24) is 15.6 Å². The maximum absolute atomic E-state index is 5.72. The zero-order chi connectivity index (χ0) is 12.5. The fourth-order valence-corrected chi connectivity index (χ4v) is 1.46. The summed E-state index contributed by atoms with van der Waals surface area (Å²) < 4.78 is 0. The van der Waals surface area contributed by atoms with Crippen LogP contribution in [0.1, 0.15) is 18.9 Å². The topological polar surface area (TPSA) is 49.3 Å². The van der Waals surface area contributed by atoms with Gasteiger partial charge in [0.25, 0.3) is 0 Å². The molecule has 0 unspecified atom stereocenters. The zero-order valence-corrected chi connectivity index (χ0v) is 13.8. The van der Waals surface area contributed by atoms with Gasteiger partial charge >= 0.3 is 0 Å². The zero-order valence-electron chi connectivity index (χ0n) is 10.7. The van der Waals surface area contributed by atoms with E-state index in [2.05, 4.69) is 27.5 Å². The molecule has 1 heterocycles. The second kappa shape index (κ2) is 10.4. The van der Waals surface area contributed by atoms with E-state index >= 15 is 0 Å². The lowest BCUT2D eigenvalue weighted by Gasteiger charge is -2.10. The van der Waals surface area contributed by atoms with Crippen molar-refractivity contribution < 1.29 is 0 Å². The highest BCUT2D eigenvalue weighted by molar-refractivity contribution is 14.0. The molecule has 4 nitrogen and oxygen atoms in total. The first kappa shape index (κ1) is 17.4. The number of pyridine rings is 1. The highest BCUT2D eigenvalue weighted by atomic mass is 127. The van der Waals surface area contributed by atoms with Crippen molar-refractivity contribution in [3.05, 3.63) is 29.0 Å². The third-order valence-electron chi connectivity index (χ3n) is 2.26. The largest absolute Gasteiger partial charge is 0.356 e. The van der Waals surface area contributed by atoms with Crippen molar-refractivity contribution in [3.63, 3.8) is 0 Å². The summed E-state index contributed by atoms with van der Waals surface area (Å²) in [6.45, 7) is 3.88. The van der Waals surface area contributed by atoms with Gasteiger partial charge in [0.05, 0.1) is 0 Å². The monoisotopic (exact) mass is 382 g/mol. The number of hydrogen-bond acceptors (Lipinski definition) is 2. The van der Waals surface area contributed by atoms with Crippen LogP contribution in [0.25, 0.3) is 0 Å². The lowest BCUT2D eigenvalue weighted by atomic mass is 10.2. The van der Waals surface area contributed by atoms with Crippen LogP contribution in [0.2, 0.25) is 5.15 Å². The lowest BCUT2D eigenvalue weighted by molar-refractivity contribution is 0.772. The molecule has 18 heavy (non-hydrogen) atoms. The molecule has 0 spiro atoms. The van der Waals surface area contributed by atoms with Crippen molar-refractivity contribution in [2.75, 3.05) is 20.1 Å². The number of halogens is 2. The average molecular weight is 383 g/mol. The Morgan fingerprint density at radius 2 is 2.06 bits per heavy atom. The first-order valence-electron chi connectivity index (χ1n) is 5.81. The number of rotatable bonds is 5. The Kier molecular flexibility index (Phi) is 10.0. The van der Waals surface area contributed by atoms with Gasteiger partial charge in [-0.15, -0.1) is 24.0 Å². The van der Waals surface area contributed by atoms with E-state index in [0.29, 0.717) is 5.15 Å². The number of nitrogens with zero attached hydrogens (tertiary/aromatic N) is 2. The van der Waals surface area contributed by atoms with E-state index < -0.39 is 0 Å². The average Bonchev–Trinajstić information content (AvgIpc) is 2.36. The third kappa shape index (κ3) is 7.00. The van der Waals surface area contributed by atoms with Gasteiger partial charge in [-0.2, -0.15) is 0 Å². The predicted molar refractivity (Wildman–Crippen MR) is 88.0 cm³/mol. The molecule has 0 saturated heterocycles. The molecule has 0 aliphatic heterocycles. The van der Waals surface area contributed by atoms with Gasteiger partial charge in [-0.25, -0.2) is 4.98 Å². The Balaban J connectivity index is 0.00000289. The summed E-state index contributed by atoms with van der Waals surface area (Å²) in [7, 11) is 1.77. The lowest BCUT2D eigenvalue weighted by Crippen LogP contribution is -2.38. The molecule has 0 bridgehead atoms. The quantitative estimate of drug-likeness (QED) is 0.356. The summed E-state index contributed by atoms with van der Waals surface area (Å²) >= 11 is 5.72. The van der Waals surface area contributed by atoms with E-state index in [0.717, 1.165) is 37.5 Å². The van der Waals surface area contributed by atoms with Crippen LogP contribution in [0.15, 0.2) is 23.3 Å². The standard InChI is InChI=1S/C12H19ClN4.HI/c1-3-7-15-12(14-2)16-8-6-10-4-5-11(13)17-9-10;/h4-5,9H,3,6-8H2,1-2H3,(H2,14,15,16);1H. The molecule has 102 valence electrons. The summed E-state index contributed by atoms with van der Waals surface area (Å²) in [5.41, 5.74) is 1.16. The van der Waals surface area contributed by atoms with Crippen molar-refractivity contribution in [3.8, 4) is 0 Å². The van der Waals surface area contributed by atoms with Gasteiger partial charge in [-0.05, 0) is 24.5 Å². The number of aromatic nitrogens is 1. The summed E-state index contributed by atoms with van der Waals surface area (Å²) in [6.07, 6.45) is 3.78. The van der Waals surface area contributed by atoms with Gasteiger partial charge in [0.15, 0.2) is 5.96 Å². The molecule has 0 aromatic carbocycles. The highest BCUT2D eigenvalue weighted by Crippen LogP contribution is 2.05. The van der Waals surface area contributed by atoms with E-state index in [1.165, 1.54) is 0 Å². The van der Waals surface area contributed by atoms with Crippen molar-refractivity contribution in [2.45, 2.75) is 19.8 Å². The molecule has 1 aromatic rings. The Bertz CT molecular complexity index is 354. The molecule has 6 heteroatoms. The molecule has 0 atom stereocenters. The summed E-state index contributed by atoms with van der Waals surface area (Å²) in [5, 5.41) is 6.99. The van der Waals surface area contributed by atoms with Gasteiger partial charge in [-0.3, -0.25) is 4.99 Å². The van der Waals surface area contributed by atoms with Crippen molar-refractivity contribution >= 4 is 41.5 Å². The van der Waals surface area contributed by atoms with Gasteiger partial charge < -0.3 is 10.6 Å². The maximum Gasteiger partial charge on any atom is 0.190 e. The van der Waals surface area contributed by atoms with Gasteiger partial charge in [0.1, 0.15) is 5.15 Å². The van der Waals surface area contributed by atoms with E-state index in [-0.39, 0.29) is 24.0 Å². The van der Waals surface area contributed by atoms with Crippen LogP contribution >= 0.6 is 35.6 Å². The van der Waals surface area contributed by atoms with Gasteiger partial charge in [0, 0.05) is 26.3 Å². The minimum atomic E-state index is 0. The molecular formula is C12H20ClIN4. The van der Waals surface area contributed by atoms with Crippen LogP contribution in [0.5, 0.6) is 0 Å². The number of guanidine groups is 1. The SMILES string of the molecule is CCCNC(=NC)NCCc1ccc(Cl)nc1.I. The number of hydrogen-bond donors (Lipinski definition) is 2. The van der Waals surface area contributed by atoms with Crippen LogP contribution in [0.3, 0.4) is 0 Å². The summed E-state index contributed by atoms with van der Waals surface area (Å²) in [5.74, 6) is 0.841. The molecule has 2 N–H and O–H groups in total. The van der Waals surface area contributed by atoms with E-state index in [4.69, 9.17) is 11.6 Å².